The number of rotatable bonds is 7. The molecule has 0 aromatic heterocycles. The van der Waals surface area contributed by atoms with Crippen molar-refractivity contribution in [3.05, 3.63) is 88.2 Å². The van der Waals surface area contributed by atoms with Crippen LogP contribution in [0.1, 0.15) is 16.7 Å². The van der Waals surface area contributed by atoms with E-state index in [-0.39, 0.29) is 5.82 Å². The quantitative estimate of drug-likeness (QED) is 0.542. The molecule has 1 N–H and O–H groups in total. The third-order valence-electron chi connectivity index (χ3n) is 4.14. The summed E-state index contributed by atoms with van der Waals surface area (Å²) in [5.74, 6) is 0.938. The van der Waals surface area contributed by atoms with Gasteiger partial charge in [-0.2, -0.15) is 0 Å². The van der Waals surface area contributed by atoms with Gasteiger partial charge in [-0.25, -0.2) is 4.39 Å². The van der Waals surface area contributed by atoms with E-state index in [0.717, 1.165) is 16.8 Å². The molecular weight excluding hydrogens is 365 g/mol. The van der Waals surface area contributed by atoms with Gasteiger partial charge in [-0.15, -0.1) is 0 Å². The van der Waals surface area contributed by atoms with Gasteiger partial charge in [-0.3, -0.25) is 0 Å². The molecule has 3 nitrogen and oxygen atoms in total. The molecule has 0 heterocycles. The van der Waals surface area contributed by atoms with Crippen LogP contribution in [0, 0.1) is 12.7 Å². The number of ether oxygens (including phenoxy) is 2. The third kappa shape index (κ3) is 5.14. The van der Waals surface area contributed by atoms with E-state index >= 15 is 0 Å². The van der Waals surface area contributed by atoms with Crippen LogP contribution in [0.3, 0.4) is 0 Å². The average molecular weight is 386 g/mol. The van der Waals surface area contributed by atoms with Crippen LogP contribution in [-0.4, -0.2) is 7.11 Å². The maximum absolute atomic E-state index is 13.0. The predicted octanol–water partition coefficient (Wildman–Crippen LogP) is 5.99. The Hall–Kier alpha value is -2.72. The normalized spacial score (nSPS) is 10.5. The van der Waals surface area contributed by atoms with Crippen molar-refractivity contribution in [2.45, 2.75) is 20.1 Å². The van der Waals surface area contributed by atoms with Crippen molar-refractivity contribution >= 4 is 17.3 Å². The second kappa shape index (κ2) is 8.78. The lowest BCUT2D eigenvalue weighted by Gasteiger charge is -2.15. The SMILES string of the molecule is COc1cc(CNc2ccc(F)cc2)c(Cl)cc1OCc1cccc(C)c1. The monoisotopic (exact) mass is 385 g/mol. The lowest BCUT2D eigenvalue weighted by Crippen LogP contribution is -2.03. The number of benzene rings is 3. The summed E-state index contributed by atoms with van der Waals surface area (Å²) >= 11 is 6.42. The number of aryl methyl sites for hydroxylation is 1. The van der Waals surface area contributed by atoms with Crippen molar-refractivity contribution in [2.75, 3.05) is 12.4 Å². The second-order valence-electron chi connectivity index (χ2n) is 6.23. The van der Waals surface area contributed by atoms with E-state index in [0.29, 0.717) is 29.7 Å². The van der Waals surface area contributed by atoms with E-state index in [4.69, 9.17) is 21.1 Å². The van der Waals surface area contributed by atoms with Crippen molar-refractivity contribution < 1.29 is 13.9 Å². The minimum atomic E-state index is -0.268. The fraction of sp³-hybridized carbons (Fsp3) is 0.182. The van der Waals surface area contributed by atoms with Gasteiger partial charge in [0.05, 0.1) is 7.11 Å². The molecule has 0 radical (unpaired) electrons. The van der Waals surface area contributed by atoms with E-state index in [1.807, 2.05) is 31.2 Å². The minimum Gasteiger partial charge on any atom is -0.493 e. The number of hydrogen-bond donors (Lipinski definition) is 1. The Morgan fingerprint density at radius 1 is 1.00 bits per heavy atom. The van der Waals surface area contributed by atoms with E-state index < -0.39 is 0 Å². The fourth-order valence-corrected chi connectivity index (χ4v) is 2.93. The van der Waals surface area contributed by atoms with Crippen LogP contribution in [0.2, 0.25) is 5.02 Å². The Morgan fingerprint density at radius 2 is 1.78 bits per heavy atom. The summed E-state index contributed by atoms with van der Waals surface area (Å²) in [5.41, 5.74) is 3.94. The molecule has 0 saturated heterocycles. The predicted molar refractivity (Wildman–Crippen MR) is 107 cm³/mol. The minimum absolute atomic E-state index is 0.268. The molecule has 0 bridgehead atoms. The largest absolute Gasteiger partial charge is 0.493 e. The highest BCUT2D eigenvalue weighted by molar-refractivity contribution is 6.31. The molecule has 140 valence electrons. The van der Waals surface area contributed by atoms with Crippen LogP contribution >= 0.6 is 11.6 Å². The highest BCUT2D eigenvalue weighted by Gasteiger charge is 2.11. The van der Waals surface area contributed by atoms with Gasteiger partial charge in [0.25, 0.3) is 0 Å². The molecule has 0 unspecified atom stereocenters. The summed E-state index contributed by atoms with van der Waals surface area (Å²) in [6.45, 7) is 2.96. The van der Waals surface area contributed by atoms with Gasteiger partial charge in [0.2, 0.25) is 0 Å². The average Bonchev–Trinajstić information content (AvgIpc) is 2.67. The summed E-state index contributed by atoms with van der Waals surface area (Å²) in [6.07, 6.45) is 0. The highest BCUT2D eigenvalue weighted by atomic mass is 35.5. The Balaban J connectivity index is 1.71. The molecule has 0 fully saturated rings. The van der Waals surface area contributed by atoms with Gasteiger partial charge in [-0.1, -0.05) is 41.4 Å². The first-order chi connectivity index (χ1) is 13.0. The maximum atomic E-state index is 13.0. The summed E-state index contributed by atoms with van der Waals surface area (Å²) in [4.78, 5) is 0. The number of nitrogens with one attached hydrogen (secondary N) is 1. The van der Waals surface area contributed by atoms with E-state index in [1.165, 1.54) is 17.7 Å². The van der Waals surface area contributed by atoms with Crippen LogP contribution in [0.25, 0.3) is 0 Å². The van der Waals surface area contributed by atoms with Crippen molar-refractivity contribution in [1.82, 2.24) is 0 Å². The maximum Gasteiger partial charge on any atom is 0.163 e. The number of halogens is 2. The molecule has 3 rings (SSSR count). The van der Waals surface area contributed by atoms with Gasteiger partial charge >= 0.3 is 0 Å². The standard InChI is InChI=1S/C22H21ClFNO2/c1-15-4-3-5-16(10-15)14-27-22-12-20(23)17(11-21(22)26-2)13-25-19-8-6-18(24)7-9-19/h3-12,25H,13-14H2,1-2H3. The molecule has 5 heteroatoms. The highest BCUT2D eigenvalue weighted by Crippen LogP contribution is 2.34. The van der Waals surface area contributed by atoms with Crippen LogP contribution in [-0.2, 0) is 13.2 Å². The molecule has 0 spiro atoms. The van der Waals surface area contributed by atoms with Crippen LogP contribution in [0.4, 0.5) is 10.1 Å². The summed E-state index contributed by atoms with van der Waals surface area (Å²) in [6, 6.07) is 17.9. The zero-order chi connectivity index (χ0) is 19.2. The lowest BCUT2D eigenvalue weighted by molar-refractivity contribution is 0.284. The lowest BCUT2D eigenvalue weighted by atomic mass is 10.1. The fourth-order valence-electron chi connectivity index (χ4n) is 2.71. The van der Waals surface area contributed by atoms with Crippen molar-refractivity contribution in [1.29, 1.82) is 0 Å². The number of anilines is 1. The first-order valence-electron chi connectivity index (χ1n) is 8.59. The van der Waals surface area contributed by atoms with Gasteiger partial charge in [0.15, 0.2) is 11.5 Å². The first-order valence-corrected chi connectivity index (χ1v) is 8.97. The first kappa shape index (κ1) is 19.1. The van der Waals surface area contributed by atoms with Crippen LogP contribution in [0.15, 0.2) is 60.7 Å². The summed E-state index contributed by atoms with van der Waals surface area (Å²) in [7, 11) is 1.60. The Bertz CT molecular complexity index is 913. The Kier molecular flexibility index (Phi) is 6.20. The molecule has 0 saturated carbocycles. The molecule has 0 atom stereocenters. The van der Waals surface area contributed by atoms with Gasteiger partial charge in [-0.05, 0) is 48.4 Å². The Morgan fingerprint density at radius 3 is 2.48 bits per heavy atom. The molecule has 0 aliphatic carbocycles. The smallest absolute Gasteiger partial charge is 0.163 e. The number of methoxy groups -OCH3 is 1. The zero-order valence-corrected chi connectivity index (χ0v) is 16.0. The molecule has 3 aromatic rings. The third-order valence-corrected chi connectivity index (χ3v) is 4.49. The molecule has 27 heavy (non-hydrogen) atoms. The molecular formula is C22H21ClFNO2. The summed E-state index contributed by atoms with van der Waals surface area (Å²) < 4.78 is 24.4. The van der Waals surface area contributed by atoms with E-state index in [9.17, 15) is 4.39 Å². The Labute approximate surface area is 163 Å². The molecule has 0 aliphatic heterocycles. The number of hydrogen-bond acceptors (Lipinski definition) is 3. The molecule has 0 aliphatic rings. The van der Waals surface area contributed by atoms with Gasteiger partial charge < -0.3 is 14.8 Å². The topological polar surface area (TPSA) is 30.5 Å². The molecule has 0 amide bonds. The van der Waals surface area contributed by atoms with Crippen LogP contribution in [0.5, 0.6) is 11.5 Å². The zero-order valence-electron chi connectivity index (χ0n) is 15.3. The van der Waals surface area contributed by atoms with Gasteiger partial charge in [0.1, 0.15) is 12.4 Å². The van der Waals surface area contributed by atoms with E-state index in [1.54, 1.807) is 25.3 Å². The molecule has 3 aromatic carbocycles. The van der Waals surface area contributed by atoms with Crippen molar-refractivity contribution in [3.63, 3.8) is 0 Å². The van der Waals surface area contributed by atoms with Crippen molar-refractivity contribution in [2.24, 2.45) is 0 Å². The van der Waals surface area contributed by atoms with Crippen LogP contribution < -0.4 is 14.8 Å². The summed E-state index contributed by atoms with van der Waals surface area (Å²) in [5, 5.41) is 3.79. The second-order valence-corrected chi connectivity index (χ2v) is 6.64. The van der Waals surface area contributed by atoms with Gasteiger partial charge in [0, 0.05) is 23.3 Å². The van der Waals surface area contributed by atoms with E-state index in [2.05, 4.69) is 11.4 Å². The van der Waals surface area contributed by atoms with Crippen molar-refractivity contribution in [3.8, 4) is 11.5 Å².